The summed E-state index contributed by atoms with van der Waals surface area (Å²) in [5.74, 6) is -1.86. The topological polar surface area (TPSA) is 69.4 Å². The summed E-state index contributed by atoms with van der Waals surface area (Å²) in [6.45, 7) is 2.39. The van der Waals surface area contributed by atoms with E-state index in [4.69, 9.17) is 9.47 Å². The minimum atomic E-state index is -1.70. The van der Waals surface area contributed by atoms with Crippen LogP contribution in [-0.2, 0) is 21.6 Å². The highest BCUT2D eigenvalue weighted by Gasteiger charge is 2.41. The number of ether oxygens (including phenoxy) is 2. The van der Waals surface area contributed by atoms with E-state index < -0.39 is 28.8 Å². The zero-order chi connectivity index (χ0) is 24.1. The highest BCUT2D eigenvalue weighted by atomic mass is 32.2. The first-order valence-corrected chi connectivity index (χ1v) is 11.6. The monoisotopic (exact) mass is 491 g/mol. The van der Waals surface area contributed by atoms with E-state index in [1.807, 2.05) is 0 Å². The molecule has 1 saturated heterocycles. The van der Waals surface area contributed by atoms with E-state index in [9.17, 15) is 18.3 Å². The highest BCUT2D eigenvalue weighted by Crippen LogP contribution is 2.38. The second-order valence-electron chi connectivity index (χ2n) is 7.99. The van der Waals surface area contributed by atoms with Crippen LogP contribution in [0.5, 0.6) is 0 Å². The van der Waals surface area contributed by atoms with E-state index in [0.717, 1.165) is 17.7 Å². The molecule has 0 amide bonds. The van der Waals surface area contributed by atoms with Crippen molar-refractivity contribution in [2.24, 2.45) is 0 Å². The normalized spacial score (nSPS) is 21.4. The lowest BCUT2D eigenvalue weighted by Gasteiger charge is -2.37. The molecule has 34 heavy (non-hydrogen) atoms. The van der Waals surface area contributed by atoms with Gasteiger partial charge >= 0.3 is 0 Å². The molecule has 2 atom stereocenters. The predicted molar refractivity (Wildman–Crippen MR) is 122 cm³/mol. The van der Waals surface area contributed by atoms with Gasteiger partial charge in [0, 0.05) is 16.9 Å². The van der Waals surface area contributed by atoms with Crippen molar-refractivity contribution in [3.8, 4) is 0 Å². The molecule has 2 aromatic carbocycles. The molecule has 1 aliphatic heterocycles. The van der Waals surface area contributed by atoms with Gasteiger partial charge in [-0.05, 0) is 29.8 Å². The van der Waals surface area contributed by atoms with Crippen LogP contribution < -0.4 is 0 Å². The average molecular weight is 492 g/mol. The van der Waals surface area contributed by atoms with Gasteiger partial charge in [0.1, 0.15) is 35.7 Å². The first-order valence-electron chi connectivity index (χ1n) is 10.7. The van der Waals surface area contributed by atoms with Gasteiger partial charge in [0.25, 0.3) is 0 Å². The van der Waals surface area contributed by atoms with Crippen molar-refractivity contribution in [1.82, 2.24) is 14.8 Å². The Morgan fingerprint density at radius 1 is 1.15 bits per heavy atom. The van der Waals surface area contributed by atoms with Crippen LogP contribution in [0, 0.1) is 17.5 Å². The van der Waals surface area contributed by atoms with Crippen molar-refractivity contribution < 1.29 is 27.8 Å². The van der Waals surface area contributed by atoms with Crippen molar-refractivity contribution in [2.45, 2.75) is 35.9 Å². The number of hydrogen-bond acceptors (Lipinski definition) is 6. The van der Waals surface area contributed by atoms with Gasteiger partial charge in [0.15, 0.2) is 6.29 Å². The van der Waals surface area contributed by atoms with E-state index in [1.165, 1.54) is 47.3 Å². The summed E-state index contributed by atoms with van der Waals surface area (Å²) in [5, 5.41) is 15.0. The summed E-state index contributed by atoms with van der Waals surface area (Å²) < 4.78 is 54.1. The Morgan fingerprint density at radius 3 is 2.50 bits per heavy atom. The van der Waals surface area contributed by atoms with Crippen LogP contribution in [0.3, 0.4) is 0 Å². The Kier molecular flexibility index (Phi) is 7.72. The molecule has 1 aromatic heterocycles. The Labute approximate surface area is 199 Å². The van der Waals surface area contributed by atoms with Crippen LogP contribution in [0.2, 0.25) is 0 Å². The van der Waals surface area contributed by atoms with Crippen molar-refractivity contribution in [1.29, 1.82) is 0 Å². The standard InChI is InChI=1S/C24H24F3N3O3S/c1-16(24(31,13-30-15-28-14-29-30)21-8-7-19(26)10-22(21)27)34-20-11-32-23(33-12-20)9-4-17-2-5-18(25)6-3-17/h2-10,14-16,20,23,31H,11-13H2,1H3/b9-4+/t16-,20-,23-,24-/m1/s1. The second-order valence-corrected chi connectivity index (χ2v) is 9.63. The SMILES string of the molecule is C[C@@H](S[C@H]1CO[C@H](/C=C/c2ccc(F)cc2)OC1)[C@](O)(Cn1cncn1)c1ccc(F)cc1F. The molecule has 0 saturated carbocycles. The van der Waals surface area contributed by atoms with Crippen molar-refractivity contribution in [3.05, 3.63) is 89.8 Å². The Morgan fingerprint density at radius 2 is 1.85 bits per heavy atom. The summed E-state index contributed by atoms with van der Waals surface area (Å²) in [4.78, 5) is 3.88. The van der Waals surface area contributed by atoms with Crippen LogP contribution in [0.25, 0.3) is 6.08 Å². The van der Waals surface area contributed by atoms with Crippen molar-refractivity contribution in [3.63, 3.8) is 0 Å². The summed E-state index contributed by atoms with van der Waals surface area (Å²) in [7, 11) is 0. The minimum Gasteiger partial charge on any atom is -0.382 e. The Balaban J connectivity index is 1.41. The molecule has 0 radical (unpaired) electrons. The van der Waals surface area contributed by atoms with E-state index in [2.05, 4.69) is 10.1 Å². The molecule has 0 aliphatic carbocycles. The lowest BCUT2D eigenvalue weighted by Crippen LogP contribution is -2.43. The number of nitrogens with zero attached hydrogens (tertiary/aromatic N) is 3. The Bertz CT molecular complexity index is 1110. The number of halogens is 3. The first kappa shape index (κ1) is 24.5. The molecule has 1 aliphatic rings. The predicted octanol–water partition coefficient (Wildman–Crippen LogP) is 4.16. The number of aliphatic hydroxyl groups is 1. The fourth-order valence-electron chi connectivity index (χ4n) is 3.69. The summed E-state index contributed by atoms with van der Waals surface area (Å²) >= 11 is 1.39. The van der Waals surface area contributed by atoms with Gasteiger partial charge in [-0.2, -0.15) is 5.10 Å². The van der Waals surface area contributed by atoms with Crippen LogP contribution in [0.15, 0.2) is 61.2 Å². The molecule has 0 unspecified atom stereocenters. The molecule has 0 spiro atoms. The quantitative estimate of drug-likeness (QED) is 0.511. The third-order valence-corrected chi connectivity index (χ3v) is 7.00. The Hall–Kier alpha value is -2.66. The molecule has 6 nitrogen and oxygen atoms in total. The van der Waals surface area contributed by atoms with Crippen LogP contribution in [0.1, 0.15) is 18.1 Å². The van der Waals surface area contributed by atoms with Crippen molar-refractivity contribution >= 4 is 17.8 Å². The molecule has 2 heterocycles. The number of aromatic nitrogens is 3. The van der Waals surface area contributed by atoms with E-state index in [1.54, 1.807) is 31.2 Å². The number of benzene rings is 2. The van der Waals surface area contributed by atoms with Crippen LogP contribution in [0.4, 0.5) is 13.2 Å². The zero-order valence-corrected chi connectivity index (χ0v) is 19.2. The average Bonchev–Trinajstić information content (AvgIpc) is 3.32. The van der Waals surface area contributed by atoms with Crippen LogP contribution >= 0.6 is 11.8 Å². The van der Waals surface area contributed by atoms with E-state index in [0.29, 0.717) is 13.2 Å². The zero-order valence-electron chi connectivity index (χ0n) is 18.4. The van der Waals surface area contributed by atoms with Crippen LogP contribution in [-0.4, -0.2) is 49.9 Å². The van der Waals surface area contributed by atoms with Gasteiger partial charge in [-0.15, -0.1) is 11.8 Å². The maximum absolute atomic E-state index is 14.7. The van der Waals surface area contributed by atoms with Gasteiger partial charge in [-0.3, -0.25) is 0 Å². The van der Waals surface area contributed by atoms with Crippen molar-refractivity contribution in [2.75, 3.05) is 13.2 Å². The fourth-order valence-corrected chi connectivity index (χ4v) is 5.01. The number of thioether (sulfide) groups is 1. The van der Waals surface area contributed by atoms with E-state index in [-0.39, 0.29) is 23.2 Å². The maximum Gasteiger partial charge on any atom is 0.177 e. The van der Waals surface area contributed by atoms with E-state index >= 15 is 0 Å². The molecule has 1 N–H and O–H groups in total. The third-order valence-electron chi connectivity index (χ3n) is 5.54. The lowest BCUT2D eigenvalue weighted by molar-refractivity contribution is -0.146. The second kappa shape index (κ2) is 10.7. The minimum absolute atomic E-state index is 0.0258. The summed E-state index contributed by atoms with van der Waals surface area (Å²) in [5.41, 5.74) is -0.907. The number of rotatable bonds is 8. The van der Waals surface area contributed by atoms with Gasteiger partial charge < -0.3 is 14.6 Å². The molecule has 180 valence electrons. The molecule has 10 heteroatoms. The maximum atomic E-state index is 14.7. The molecule has 0 bridgehead atoms. The largest absolute Gasteiger partial charge is 0.382 e. The summed E-state index contributed by atoms with van der Waals surface area (Å²) in [6.07, 6.45) is 5.72. The van der Waals surface area contributed by atoms with Gasteiger partial charge in [0.2, 0.25) is 0 Å². The third kappa shape index (κ3) is 5.87. The highest BCUT2D eigenvalue weighted by molar-refractivity contribution is 8.00. The smallest absolute Gasteiger partial charge is 0.177 e. The fraction of sp³-hybridized carbons (Fsp3) is 0.333. The van der Waals surface area contributed by atoms with Gasteiger partial charge in [-0.1, -0.05) is 31.2 Å². The summed E-state index contributed by atoms with van der Waals surface area (Å²) in [6, 6.07) is 9.18. The molecule has 1 fully saturated rings. The van der Waals surface area contributed by atoms with Gasteiger partial charge in [-0.25, -0.2) is 22.8 Å². The molecule has 3 aromatic rings. The molecular weight excluding hydrogens is 467 g/mol. The molecule has 4 rings (SSSR count). The lowest BCUT2D eigenvalue weighted by atomic mass is 9.90. The first-order chi connectivity index (χ1) is 16.3. The molecular formula is C24H24F3N3O3S. The number of hydrogen-bond donors (Lipinski definition) is 1. The van der Waals surface area contributed by atoms with Gasteiger partial charge in [0.05, 0.1) is 25.0 Å².